The molecule has 0 bridgehead atoms. The monoisotopic (exact) mass is 400 g/mol. The van der Waals surface area contributed by atoms with E-state index in [9.17, 15) is 9.18 Å². The maximum absolute atomic E-state index is 14.1. The Labute approximate surface area is 168 Å². The summed E-state index contributed by atoms with van der Waals surface area (Å²) in [5.74, 6) is -0.546. The lowest BCUT2D eigenvalue weighted by atomic mass is 10.1. The average molecular weight is 401 g/mol. The molecule has 28 heavy (non-hydrogen) atoms. The molecule has 0 radical (unpaired) electrons. The Morgan fingerprint density at radius 1 is 1.21 bits per heavy atom. The highest BCUT2D eigenvalue weighted by molar-refractivity contribution is 6.31. The highest BCUT2D eigenvalue weighted by atomic mass is 35.5. The second kappa shape index (κ2) is 7.94. The van der Waals surface area contributed by atoms with Crippen molar-refractivity contribution in [3.63, 3.8) is 0 Å². The molecule has 0 saturated heterocycles. The molecule has 0 atom stereocenters. The van der Waals surface area contributed by atoms with E-state index < -0.39 is 5.82 Å². The second-order valence-electron chi connectivity index (χ2n) is 7.09. The van der Waals surface area contributed by atoms with Gasteiger partial charge in [-0.3, -0.25) is 4.79 Å². The van der Waals surface area contributed by atoms with E-state index in [2.05, 4.69) is 22.9 Å². The van der Waals surface area contributed by atoms with E-state index in [0.29, 0.717) is 24.7 Å². The number of carbonyl (C=O) groups is 1. The molecule has 0 spiro atoms. The standard InChI is InChI=1S/C22H22ClFN2O2/c1-28-11-10-25-13-16-8-9-26(14-15-4-2-7-20(25)22(15)16)21(27)12-17-18(23)5-3-6-19(17)24/h2-7,13H,8-12,14H2,1H3. The number of carbonyl (C=O) groups excluding carboxylic acids is 1. The number of benzene rings is 2. The van der Waals surface area contributed by atoms with Crippen molar-refractivity contribution in [3.8, 4) is 0 Å². The number of ether oxygens (including phenoxy) is 1. The number of nitrogens with zero attached hydrogens (tertiary/aromatic N) is 2. The number of hydrogen-bond acceptors (Lipinski definition) is 2. The third-order valence-electron chi connectivity index (χ3n) is 5.36. The molecule has 4 nitrogen and oxygen atoms in total. The third-order valence-corrected chi connectivity index (χ3v) is 5.72. The van der Waals surface area contributed by atoms with Crippen LogP contribution in [0.1, 0.15) is 16.7 Å². The summed E-state index contributed by atoms with van der Waals surface area (Å²) >= 11 is 6.10. The van der Waals surface area contributed by atoms with Gasteiger partial charge in [0.1, 0.15) is 5.82 Å². The van der Waals surface area contributed by atoms with E-state index >= 15 is 0 Å². The van der Waals surface area contributed by atoms with Crippen LogP contribution in [0.15, 0.2) is 42.6 Å². The van der Waals surface area contributed by atoms with Gasteiger partial charge in [0.15, 0.2) is 0 Å². The summed E-state index contributed by atoms with van der Waals surface area (Å²) in [4.78, 5) is 14.7. The Hall–Kier alpha value is -2.37. The minimum Gasteiger partial charge on any atom is -0.383 e. The fourth-order valence-electron chi connectivity index (χ4n) is 3.93. The topological polar surface area (TPSA) is 34.5 Å². The second-order valence-corrected chi connectivity index (χ2v) is 7.50. The van der Waals surface area contributed by atoms with Crippen molar-refractivity contribution < 1.29 is 13.9 Å². The number of hydrogen-bond donors (Lipinski definition) is 0. The third kappa shape index (κ3) is 3.52. The molecule has 1 amide bonds. The Morgan fingerprint density at radius 3 is 2.82 bits per heavy atom. The fraction of sp³-hybridized carbons (Fsp3) is 0.318. The first-order valence-corrected chi connectivity index (χ1v) is 9.75. The summed E-state index contributed by atoms with van der Waals surface area (Å²) in [5, 5.41) is 1.51. The van der Waals surface area contributed by atoms with E-state index in [-0.39, 0.29) is 17.9 Å². The van der Waals surface area contributed by atoms with Crippen molar-refractivity contribution in [2.24, 2.45) is 0 Å². The van der Waals surface area contributed by atoms with Gasteiger partial charge in [0.2, 0.25) is 5.91 Å². The molecule has 6 heteroatoms. The zero-order valence-corrected chi connectivity index (χ0v) is 16.5. The lowest BCUT2D eigenvalue weighted by molar-refractivity contribution is -0.131. The van der Waals surface area contributed by atoms with Crippen molar-refractivity contribution >= 4 is 28.4 Å². The Kier molecular flexibility index (Phi) is 5.38. The van der Waals surface area contributed by atoms with Gasteiger partial charge in [0.05, 0.1) is 13.0 Å². The highest BCUT2D eigenvalue weighted by Crippen LogP contribution is 2.30. The maximum atomic E-state index is 14.1. The summed E-state index contributed by atoms with van der Waals surface area (Å²) in [6.45, 7) is 2.57. The lowest BCUT2D eigenvalue weighted by Gasteiger charge is -2.22. The maximum Gasteiger partial charge on any atom is 0.227 e. The number of amides is 1. The van der Waals surface area contributed by atoms with Gasteiger partial charge in [0.25, 0.3) is 0 Å². The van der Waals surface area contributed by atoms with Crippen molar-refractivity contribution in [1.29, 1.82) is 0 Å². The molecule has 0 fully saturated rings. The quantitative estimate of drug-likeness (QED) is 0.643. The van der Waals surface area contributed by atoms with Gasteiger partial charge in [-0.05, 0) is 35.7 Å². The summed E-state index contributed by atoms with van der Waals surface area (Å²) in [5.41, 5.74) is 3.78. The Bertz CT molecular complexity index is 1010. The van der Waals surface area contributed by atoms with Crippen LogP contribution in [0.5, 0.6) is 0 Å². The molecule has 0 unspecified atom stereocenters. The van der Waals surface area contributed by atoms with E-state index in [1.165, 1.54) is 17.0 Å². The molecule has 4 rings (SSSR count). The molecular weight excluding hydrogens is 379 g/mol. The number of methoxy groups -OCH3 is 1. The zero-order valence-electron chi connectivity index (χ0n) is 15.8. The van der Waals surface area contributed by atoms with E-state index in [1.807, 2.05) is 6.07 Å². The smallest absolute Gasteiger partial charge is 0.227 e. The molecule has 0 N–H and O–H groups in total. The molecule has 1 aromatic heterocycles. The summed E-state index contributed by atoms with van der Waals surface area (Å²) < 4.78 is 21.5. The minimum atomic E-state index is -0.436. The SMILES string of the molecule is COCCn1cc2c3c(cccc31)CN(C(=O)Cc1c(F)cccc1Cl)CC2. The van der Waals surface area contributed by atoms with Crippen molar-refractivity contribution in [2.75, 3.05) is 20.3 Å². The van der Waals surface area contributed by atoms with Gasteiger partial charge in [0, 0.05) is 54.4 Å². The van der Waals surface area contributed by atoms with Crippen LogP contribution in [-0.4, -0.2) is 35.6 Å². The van der Waals surface area contributed by atoms with Gasteiger partial charge in [-0.1, -0.05) is 29.8 Å². The van der Waals surface area contributed by atoms with Gasteiger partial charge in [-0.2, -0.15) is 0 Å². The largest absolute Gasteiger partial charge is 0.383 e. The molecule has 2 heterocycles. The fourth-order valence-corrected chi connectivity index (χ4v) is 4.16. The molecule has 2 aromatic carbocycles. The Morgan fingerprint density at radius 2 is 2.04 bits per heavy atom. The van der Waals surface area contributed by atoms with Gasteiger partial charge in [-0.15, -0.1) is 0 Å². The first-order chi connectivity index (χ1) is 13.6. The lowest BCUT2D eigenvalue weighted by Crippen LogP contribution is -2.33. The van der Waals surface area contributed by atoms with E-state index in [0.717, 1.165) is 24.0 Å². The predicted molar refractivity (Wildman–Crippen MR) is 108 cm³/mol. The first-order valence-electron chi connectivity index (χ1n) is 9.37. The number of rotatable bonds is 5. The molecular formula is C22H22ClFN2O2. The van der Waals surface area contributed by atoms with Gasteiger partial charge in [-0.25, -0.2) is 4.39 Å². The van der Waals surface area contributed by atoms with Crippen LogP contribution >= 0.6 is 11.6 Å². The van der Waals surface area contributed by atoms with Crippen LogP contribution in [-0.2, 0) is 35.5 Å². The van der Waals surface area contributed by atoms with Crippen LogP contribution in [0, 0.1) is 5.82 Å². The molecule has 146 valence electrons. The Balaban J connectivity index is 1.60. The molecule has 1 aliphatic rings. The number of halogens is 2. The first kappa shape index (κ1) is 19.0. The summed E-state index contributed by atoms with van der Waals surface area (Å²) in [7, 11) is 1.70. The van der Waals surface area contributed by atoms with E-state index in [4.69, 9.17) is 16.3 Å². The van der Waals surface area contributed by atoms with Crippen molar-refractivity contribution in [3.05, 3.63) is 70.1 Å². The molecule has 0 saturated carbocycles. The van der Waals surface area contributed by atoms with Crippen molar-refractivity contribution in [1.82, 2.24) is 9.47 Å². The number of aromatic nitrogens is 1. The van der Waals surface area contributed by atoms with Crippen LogP contribution in [0.2, 0.25) is 5.02 Å². The van der Waals surface area contributed by atoms with Gasteiger partial charge < -0.3 is 14.2 Å². The van der Waals surface area contributed by atoms with Crippen molar-refractivity contribution in [2.45, 2.75) is 25.9 Å². The summed E-state index contributed by atoms with van der Waals surface area (Å²) in [6.07, 6.45) is 2.90. The molecule has 1 aliphatic heterocycles. The van der Waals surface area contributed by atoms with Crippen LogP contribution in [0.3, 0.4) is 0 Å². The minimum absolute atomic E-state index is 0.0282. The average Bonchev–Trinajstić information content (AvgIpc) is 2.93. The molecule has 0 aliphatic carbocycles. The van der Waals surface area contributed by atoms with Crippen LogP contribution in [0.4, 0.5) is 4.39 Å². The highest BCUT2D eigenvalue weighted by Gasteiger charge is 2.23. The van der Waals surface area contributed by atoms with Gasteiger partial charge >= 0.3 is 0 Å². The van der Waals surface area contributed by atoms with E-state index in [1.54, 1.807) is 24.1 Å². The zero-order chi connectivity index (χ0) is 19.7. The summed E-state index contributed by atoms with van der Waals surface area (Å²) in [6, 6.07) is 10.7. The normalized spacial score (nSPS) is 13.8. The predicted octanol–water partition coefficient (Wildman–Crippen LogP) is 4.21. The molecule has 3 aromatic rings. The van der Waals surface area contributed by atoms with Crippen LogP contribution < -0.4 is 0 Å². The van der Waals surface area contributed by atoms with Crippen LogP contribution in [0.25, 0.3) is 10.9 Å².